The highest BCUT2D eigenvalue weighted by Gasteiger charge is 2.23. The summed E-state index contributed by atoms with van der Waals surface area (Å²) in [6, 6.07) is 0. The number of hydrogen-bond acceptors (Lipinski definition) is 2. The van der Waals surface area contributed by atoms with Crippen molar-refractivity contribution in [3.8, 4) is 0 Å². The normalized spacial score (nSPS) is 28.3. The van der Waals surface area contributed by atoms with Gasteiger partial charge in [0.1, 0.15) is 0 Å². The lowest BCUT2D eigenvalue weighted by Gasteiger charge is -2.27. The fraction of sp³-hybridized carbons (Fsp3) is 0.714. The van der Waals surface area contributed by atoms with Gasteiger partial charge in [-0.1, -0.05) is 130 Å². The van der Waals surface area contributed by atoms with E-state index in [1.807, 2.05) is 19.9 Å². The van der Waals surface area contributed by atoms with Gasteiger partial charge < -0.3 is 10.2 Å². The molecule has 4 atom stereocenters. The van der Waals surface area contributed by atoms with Crippen LogP contribution in [0.3, 0.4) is 0 Å². The van der Waals surface area contributed by atoms with E-state index in [0.717, 1.165) is 37.5 Å². The average Bonchev–Trinajstić information content (AvgIpc) is 3.00. The molecule has 2 fully saturated rings. The SMILES string of the molecule is C1CCCCC1.C=C(C)[C@H]1C=CC(C)(O)CC1.C=C(C)[C@H]1CC=C(C)CC1.C=C(C)[C@H]1CC=C(C)CC1.OC1CCCCC1. The first-order valence-corrected chi connectivity index (χ1v) is 18.2. The molecule has 2 N–H and O–H groups in total. The van der Waals surface area contributed by atoms with E-state index < -0.39 is 5.60 Å². The van der Waals surface area contributed by atoms with Gasteiger partial charge in [-0.25, -0.2) is 0 Å². The minimum atomic E-state index is -0.577. The molecule has 0 spiro atoms. The summed E-state index contributed by atoms with van der Waals surface area (Å²) in [5, 5.41) is 18.5. The maximum absolute atomic E-state index is 9.56. The molecule has 0 aromatic carbocycles. The number of aliphatic hydroxyl groups is 2. The van der Waals surface area contributed by atoms with Gasteiger partial charge in [-0.2, -0.15) is 0 Å². The van der Waals surface area contributed by atoms with Crippen molar-refractivity contribution in [1.29, 1.82) is 0 Å². The molecule has 2 nitrogen and oxygen atoms in total. The van der Waals surface area contributed by atoms with Crippen LogP contribution in [0.25, 0.3) is 0 Å². The summed E-state index contributed by atoms with van der Waals surface area (Å²) in [5.41, 5.74) is 6.42. The zero-order valence-corrected chi connectivity index (χ0v) is 30.1. The summed E-state index contributed by atoms with van der Waals surface area (Å²) in [4.78, 5) is 0. The van der Waals surface area contributed by atoms with Crippen LogP contribution in [0, 0.1) is 17.8 Å². The molecule has 0 bridgehead atoms. The second kappa shape index (κ2) is 22.8. The maximum Gasteiger partial charge on any atom is 0.0800 e. The Morgan fingerprint density at radius 1 is 0.659 bits per heavy atom. The van der Waals surface area contributed by atoms with E-state index in [0.29, 0.717) is 5.92 Å². The van der Waals surface area contributed by atoms with Crippen LogP contribution in [0.4, 0.5) is 0 Å². The maximum atomic E-state index is 9.56. The quantitative estimate of drug-likeness (QED) is 0.313. The predicted octanol–water partition coefficient (Wildman–Crippen LogP) is 12.5. The standard InChI is InChI=1S/C10H16O.2C10H16.C6H12O.C6H12/c1-8(2)9-4-6-10(3,11)7-5-9;2*1-8(2)10-6-4-9(3)5-7-10;7-6-4-2-1-3-5-6;1-2-4-6-5-3-1/h4,6,9,11H,1,5,7H2,2-3H3;2*4,10H,1,5-7H2,2-3H3;6-7H,1-5H2;1-6H2/t9-,10?;2*10-;;/m000../s1. The molecule has 252 valence electrons. The number of rotatable bonds is 3. The lowest BCUT2D eigenvalue weighted by molar-refractivity contribution is 0.0903. The van der Waals surface area contributed by atoms with Crippen molar-refractivity contribution in [2.75, 3.05) is 0 Å². The van der Waals surface area contributed by atoms with Crippen LogP contribution in [0.5, 0.6) is 0 Å². The Labute approximate surface area is 274 Å². The Balaban J connectivity index is 0.000000279. The van der Waals surface area contributed by atoms with Crippen LogP contribution >= 0.6 is 0 Å². The second-order valence-electron chi connectivity index (χ2n) is 14.9. The summed E-state index contributed by atoms with van der Waals surface area (Å²) >= 11 is 0. The van der Waals surface area contributed by atoms with Crippen LogP contribution < -0.4 is 0 Å². The van der Waals surface area contributed by atoms with Gasteiger partial charge in [-0.3, -0.25) is 0 Å². The fourth-order valence-corrected chi connectivity index (χ4v) is 6.33. The van der Waals surface area contributed by atoms with E-state index in [1.165, 1.54) is 113 Å². The summed E-state index contributed by atoms with van der Waals surface area (Å²) in [7, 11) is 0. The average molecular weight is 609 g/mol. The molecule has 2 heteroatoms. The van der Waals surface area contributed by atoms with Gasteiger partial charge in [0.25, 0.3) is 0 Å². The molecule has 0 aromatic heterocycles. The van der Waals surface area contributed by atoms with Crippen LogP contribution in [0.1, 0.15) is 164 Å². The molecule has 5 aliphatic rings. The van der Waals surface area contributed by atoms with Gasteiger partial charge in [0.05, 0.1) is 11.7 Å². The molecular weight excluding hydrogens is 536 g/mol. The van der Waals surface area contributed by atoms with Crippen molar-refractivity contribution in [1.82, 2.24) is 0 Å². The molecule has 2 saturated carbocycles. The predicted molar refractivity (Wildman–Crippen MR) is 196 cm³/mol. The van der Waals surface area contributed by atoms with Gasteiger partial charge in [-0.05, 0) is 124 Å². The summed E-state index contributed by atoms with van der Waals surface area (Å²) in [6.07, 6.45) is 33.1. The Kier molecular flexibility index (Phi) is 20.9. The lowest BCUT2D eigenvalue weighted by Crippen LogP contribution is -2.25. The minimum Gasteiger partial charge on any atom is -0.393 e. The molecule has 0 heterocycles. The first-order valence-electron chi connectivity index (χ1n) is 18.2. The van der Waals surface area contributed by atoms with Crippen molar-refractivity contribution in [3.63, 3.8) is 0 Å². The second-order valence-corrected chi connectivity index (χ2v) is 14.9. The molecule has 5 rings (SSSR count). The number of allylic oxidation sites excluding steroid dienone is 8. The van der Waals surface area contributed by atoms with Gasteiger partial charge >= 0.3 is 0 Å². The van der Waals surface area contributed by atoms with Gasteiger partial charge in [-0.15, -0.1) is 0 Å². The molecule has 0 radical (unpaired) electrons. The van der Waals surface area contributed by atoms with E-state index in [4.69, 9.17) is 5.11 Å². The summed E-state index contributed by atoms with van der Waals surface area (Å²) < 4.78 is 0. The van der Waals surface area contributed by atoms with Crippen molar-refractivity contribution in [2.45, 2.75) is 175 Å². The minimum absolute atomic E-state index is 0.0359. The molecule has 0 aliphatic heterocycles. The van der Waals surface area contributed by atoms with Crippen LogP contribution in [-0.4, -0.2) is 21.9 Å². The number of hydrogen-bond donors (Lipinski definition) is 2. The largest absolute Gasteiger partial charge is 0.393 e. The molecule has 0 saturated heterocycles. The fourth-order valence-electron chi connectivity index (χ4n) is 6.33. The Morgan fingerprint density at radius 2 is 1.07 bits per heavy atom. The first kappa shape index (κ1) is 40.4. The van der Waals surface area contributed by atoms with Crippen molar-refractivity contribution < 1.29 is 10.2 Å². The van der Waals surface area contributed by atoms with Crippen LogP contribution in [0.15, 0.2) is 71.9 Å². The Hall–Kier alpha value is -1.64. The Morgan fingerprint density at radius 3 is 1.32 bits per heavy atom. The third-order valence-corrected chi connectivity index (χ3v) is 10.0. The molecular formula is C42H72O2. The van der Waals surface area contributed by atoms with Gasteiger partial charge in [0, 0.05) is 0 Å². The van der Waals surface area contributed by atoms with E-state index >= 15 is 0 Å². The molecule has 44 heavy (non-hydrogen) atoms. The summed E-state index contributed by atoms with van der Waals surface area (Å²) in [6.45, 7) is 24.4. The van der Waals surface area contributed by atoms with Crippen molar-refractivity contribution in [2.24, 2.45) is 17.8 Å². The van der Waals surface area contributed by atoms with E-state index in [9.17, 15) is 5.11 Å². The smallest absolute Gasteiger partial charge is 0.0800 e. The highest BCUT2D eigenvalue weighted by atomic mass is 16.3. The molecule has 5 aliphatic carbocycles. The highest BCUT2D eigenvalue weighted by Crippen LogP contribution is 2.29. The highest BCUT2D eigenvalue weighted by molar-refractivity contribution is 5.15. The molecule has 0 amide bonds. The van der Waals surface area contributed by atoms with Crippen molar-refractivity contribution in [3.05, 3.63) is 71.9 Å². The molecule has 0 aromatic rings. The zero-order valence-electron chi connectivity index (χ0n) is 30.1. The van der Waals surface area contributed by atoms with E-state index in [2.05, 4.69) is 65.7 Å². The monoisotopic (exact) mass is 609 g/mol. The number of aliphatic hydroxyl groups excluding tert-OH is 1. The van der Waals surface area contributed by atoms with Crippen molar-refractivity contribution >= 4 is 0 Å². The van der Waals surface area contributed by atoms with Crippen LogP contribution in [-0.2, 0) is 0 Å². The lowest BCUT2D eigenvalue weighted by atomic mass is 9.84. The summed E-state index contributed by atoms with van der Waals surface area (Å²) in [5.74, 6) is 2.02. The van der Waals surface area contributed by atoms with Gasteiger partial charge in [0.15, 0.2) is 0 Å². The third kappa shape index (κ3) is 19.7. The third-order valence-electron chi connectivity index (χ3n) is 10.0. The van der Waals surface area contributed by atoms with Gasteiger partial charge in [0.2, 0.25) is 0 Å². The molecule has 1 unspecified atom stereocenters. The van der Waals surface area contributed by atoms with E-state index in [-0.39, 0.29) is 6.10 Å². The van der Waals surface area contributed by atoms with E-state index in [1.54, 1.807) is 11.1 Å². The first-order chi connectivity index (χ1) is 20.8. The Bertz CT molecular complexity index is 868. The van der Waals surface area contributed by atoms with Crippen LogP contribution in [0.2, 0.25) is 0 Å². The topological polar surface area (TPSA) is 40.5 Å². The zero-order chi connectivity index (χ0) is 33.0.